The summed E-state index contributed by atoms with van der Waals surface area (Å²) < 4.78 is 5.62. The number of oxazole rings is 1. The van der Waals surface area contributed by atoms with E-state index in [2.05, 4.69) is 15.6 Å². The standard InChI is InChI=1S/C17H16N4O4/c1-10(2)16-20-14-9-12(6-7-15(14)25-16)19-17(22)18-11-4-3-5-13(8-11)21(23)24/h3-10H,1-2H3,(H2,18,19,22). The Kier molecular flexibility index (Phi) is 4.34. The molecule has 8 heteroatoms. The molecule has 0 saturated heterocycles. The molecule has 1 heterocycles. The summed E-state index contributed by atoms with van der Waals surface area (Å²) in [4.78, 5) is 26.7. The Bertz CT molecular complexity index is 949. The van der Waals surface area contributed by atoms with Crippen molar-refractivity contribution in [3.05, 3.63) is 58.5 Å². The van der Waals surface area contributed by atoms with Crippen LogP contribution in [-0.4, -0.2) is 15.9 Å². The number of hydrogen-bond donors (Lipinski definition) is 2. The fourth-order valence-corrected chi connectivity index (χ4v) is 2.26. The fourth-order valence-electron chi connectivity index (χ4n) is 2.26. The third-order valence-electron chi connectivity index (χ3n) is 3.47. The highest BCUT2D eigenvalue weighted by atomic mass is 16.6. The van der Waals surface area contributed by atoms with Gasteiger partial charge in [0.1, 0.15) is 5.52 Å². The number of nitro benzene ring substituents is 1. The molecule has 0 radical (unpaired) electrons. The number of anilines is 2. The van der Waals surface area contributed by atoms with E-state index in [9.17, 15) is 14.9 Å². The average molecular weight is 340 g/mol. The van der Waals surface area contributed by atoms with Crippen molar-refractivity contribution >= 4 is 34.2 Å². The Morgan fingerprint density at radius 3 is 2.56 bits per heavy atom. The van der Waals surface area contributed by atoms with Crippen LogP contribution in [-0.2, 0) is 0 Å². The molecule has 0 aliphatic carbocycles. The molecule has 0 spiro atoms. The van der Waals surface area contributed by atoms with E-state index in [4.69, 9.17) is 4.42 Å². The van der Waals surface area contributed by atoms with Gasteiger partial charge in [-0.1, -0.05) is 19.9 Å². The molecule has 8 nitrogen and oxygen atoms in total. The summed E-state index contributed by atoms with van der Waals surface area (Å²) in [6, 6.07) is 10.3. The highest BCUT2D eigenvalue weighted by molar-refractivity contribution is 6.00. The van der Waals surface area contributed by atoms with Crippen LogP contribution in [0.3, 0.4) is 0 Å². The van der Waals surface area contributed by atoms with Gasteiger partial charge in [0.25, 0.3) is 5.69 Å². The first-order chi connectivity index (χ1) is 11.9. The van der Waals surface area contributed by atoms with Crippen molar-refractivity contribution in [1.29, 1.82) is 0 Å². The van der Waals surface area contributed by atoms with Gasteiger partial charge in [-0.2, -0.15) is 0 Å². The van der Waals surface area contributed by atoms with Gasteiger partial charge in [0.05, 0.1) is 4.92 Å². The van der Waals surface area contributed by atoms with Crippen molar-refractivity contribution in [3.8, 4) is 0 Å². The molecule has 2 N–H and O–H groups in total. The van der Waals surface area contributed by atoms with Crippen LogP contribution in [0.4, 0.5) is 21.9 Å². The zero-order valence-electron chi connectivity index (χ0n) is 13.6. The third-order valence-corrected chi connectivity index (χ3v) is 3.47. The molecule has 0 aliphatic heterocycles. The second-order valence-electron chi connectivity index (χ2n) is 5.78. The van der Waals surface area contributed by atoms with Gasteiger partial charge < -0.3 is 15.1 Å². The second kappa shape index (κ2) is 6.60. The Morgan fingerprint density at radius 2 is 1.88 bits per heavy atom. The Labute approximate surface area is 143 Å². The lowest BCUT2D eigenvalue weighted by Crippen LogP contribution is -2.19. The maximum absolute atomic E-state index is 12.1. The van der Waals surface area contributed by atoms with Gasteiger partial charge in [-0.25, -0.2) is 9.78 Å². The SMILES string of the molecule is CC(C)c1nc2cc(NC(=O)Nc3cccc([N+](=O)[O-])c3)ccc2o1. The number of nitro groups is 1. The molecule has 0 atom stereocenters. The molecular weight excluding hydrogens is 324 g/mol. The van der Waals surface area contributed by atoms with Crippen LogP contribution in [0.15, 0.2) is 46.9 Å². The number of nitrogens with one attached hydrogen (secondary N) is 2. The van der Waals surface area contributed by atoms with Crippen LogP contribution >= 0.6 is 0 Å². The zero-order chi connectivity index (χ0) is 18.0. The summed E-state index contributed by atoms with van der Waals surface area (Å²) in [5, 5.41) is 16.0. The summed E-state index contributed by atoms with van der Waals surface area (Å²) in [7, 11) is 0. The van der Waals surface area contributed by atoms with Crippen molar-refractivity contribution in [2.24, 2.45) is 0 Å². The number of carbonyl (C=O) groups is 1. The van der Waals surface area contributed by atoms with Crippen LogP contribution < -0.4 is 10.6 Å². The summed E-state index contributed by atoms with van der Waals surface area (Å²) in [6.07, 6.45) is 0. The maximum atomic E-state index is 12.1. The molecule has 2 amide bonds. The molecule has 3 aromatic rings. The summed E-state index contributed by atoms with van der Waals surface area (Å²) >= 11 is 0. The van der Waals surface area contributed by atoms with Crippen molar-refractivity contribution in [2.45, 2.75) is 19.8 Å². The first kappa shape index (κ1) is 16.4. The molecule has 0 bridgehead atoms. The van der Waals surface area contributed by atoms with Crippen LogP contribution in [0.1, 0.15) is 25.7 Å². The fraction of sp³-hybridized carbons (Fsp3) is 0.176. The van der Waals surface area contributed by atoms with E-state index in [1.165, 1.54) is 18.2 Å². The number of hydrogen-bond acceptors (Lipinski definition) is 5. The normalized spacial score (nSPS) is 10.8. The van der Waals surface area contributed by atoms with Crippen LogP contribution in [0, 0.1) is 10.1 Å². The Balaban J connectivity index is 1.73. The Hall–Kier alpha value is -3.42. The van der Waals surface area contributed by atoms with Gasteiger partial charge in [0.15, 0.2) is 11.5 Å². The molecule has 1 aromatic heterocycles. The minimum atomic E-state index is -0.520. The highest BCUT2D eigenvalue weighted by Crippen LogP contribution is 2.24. The summed E-state index contributed by atoms with van der Waals surface area (Å²) in [5.41, 5.74) is 2.07. The lowest BCUT2D eigenvalue weighted by molar-refractivity contribution is -0.384. The Morgan fingerprint density at radius 1 is 1.16 bits per heavy atom. The van der Waals surface area contributed by atoms with E-state index in [-0.39, 0.29) is 11.6 Å². The largest absolute Gasteiger partial charge is 0.440 e. The molecular formula is C17H16N4O4. The third kappa shape index (κ3) is 3.74. The van der Waals surface area contributed by atoms with Gasteiger partial charge in [0, 0.05) is 29.4 Å². The molecule has 2 aromatic carbocycles. The van der Waals surface area contributed by atoms with E-state index in [1.54, 1.807) is 24.3 Å². The van der Waals surface area contributed by atoms with Crippen LogP contribution in [0.25, 0.3) is 11.1 Å². The van der Waals surface area contributed by atoms with Crippen molar-refractivity contribution in [2.75, 3.05) is 10.6 Å². The van der Waals surface area contributed by atoms with Crippen molar-refractivity contribution in [1.82, 2.24) is 4.98 Å². The topological polar surface area (TPSA) is 110 Å². The number of urea groups is 1. The van der Waals surface area contributed by atoms with Gasteiger partial charge in [-0.15, -0.1) is 0 Å². The van der Waals surface area contributed by atoms with E-state index >= 15 is 0 Å². The van der Waals surface area contributed by atoms with E-state index < -0.39 is 11.0 Å². The van der Waals surface area contributed by atoms with Gasteiger partial charge in [0.2, 0.25) is 0 Å². The molecule has 0 saturated carbocycles. The molecule has 128 valence electrons. The predicted octanol–water partition coefficient (Wildman–Crippen LogP) is 4.50. The molecule has 0 unspecified atom stereocenters. The highest BCUT2D eigenvalue weighted by Gasteiger charge is 2.11. The second-order valence-corrected chi connectivity index (χ2v) is 5.78. The minimum Gasteiger partial charge on any atom is -0.440 e. The average Bonchev–Trinajstić information content (AvgIpc) is 2.98. The lowest BCUT2D eigenvalue weighted by atomic mass is 10.2. The molecule has 3 rings (SSSR count). The molecule has 0 fully saturated rings. The minimum absolute atomic E-state index is 0.0944. The number of amides is 2. The number of carbonyl (C=O) groups excluding carboxylic acids is 1. The molecule has 25 heavy (non-hydrogen) atoms. The summed E-state index contributed by atoms with van der Waals surface area (Å²) in [6.45, 7) is 3.97. The predicted molar refractivity (Wildman–Crippen MR) is 93.8 cm³/mol. The number of benzene rings is 2. The first-order valence-corrected chi connectivity index (χ1v) is 7.65. The van der Waals surface area contributed by atoms with Crippen LogP contribution in [0.5, 0.6) is 0 Å². The quantitative estimate of drug-likeness (QED) is 0.536. The van der Waals surface area contributed by atoms with Crippen molar-refractivity contribution in [3.63, 3.8) is 0 Å². The molecule has 0 aliphatic rings. The van der Waals surface area contributed by atoms with E-state index in [0.29, 0.717) is 28.4 Å². The summed E-state index contributed by atoms with van der Waals surface area (Å²) in [5.74, 6) is 0.800. The monoisotopic (exact) mass is 340 g/mol. The number of nitrogens with zero attached hydrogens (tertiary/aromatic N) is 2. The number of rotatable bonds is 4. The van der Waals surface area contributed by atoms with E-state index in [0.717, 1.165) is 0 Å². The first-order valence-electron chi connectivity index (χ1n) is 7.65. The maximum Gasteiger partial charge on any atom is 0.323 e. The lowest BCUT2D eigenvalue weighted by Gasteiger charge is -2.07. The van der Waals surface area contributed by atoms with Gasteiger partial charge in [-0.05, 0) is 24.3 Å². The number of fused-ring (bicyclic) bond motifs is 1. The van der Waals surface area contributed by atoms with Crippen molar-refractivity contribution < 1.29 is 14.1 Å². The van der Waals surface area contributed by atoms with Gasteiger partial charge >= 0.3 is 6.03 Å². The number of aromatic nitrogens is 1. The number of non-ortho nitro benzene ring substituents is 1. The van der Waals surface area contributed by atoms with Gasteiger partial charge in [-0.3, -0.25) is 10.1 Å². The van der Waals surface area contributed by atoms with E-state index in [1.807, 2.05) is 13.8 Å². The zero-order valence-corrected chi connectivity index (χ0v) is 13.6. The van der Waals surface area contributed by atoms with Crippen LogP contribution in [0.2, 0.25) is 0 Å². The smallest absolute Gasteiger partial charge is 0.323 e.